The number of nitrogens with zero attached hydrogens (tertiary/aromatic N) is 4. The van der Waals surface area contributed by atoms with Crippen molar-refractivity contribution in [1.29, 1.82) is 0 Å². The molecule has 0 aliphatic carbocycles. The Morgan fingerprint density at radius 1 is 1.47 bits per heavy atom. The van der Waals surface area contributed by atoms with Gasteiger partial charge in [-0.25, -0.2) is 4.79 Å². The van der Waals surface area contributed by atoms with Gasteiger partial charge in [0.1, 0.15) is 0 Å². The fraction of sp³-hybridized carbons (Fsp3) is 0.700. The average molecular weight is 285 g/mol. The van der Waals surface area contributed by atoms with Gasteiger partial charge in [-0.1, -0.05) is 16.5 Å². The number of nitrogens with one attached hydrogen (secondary N) is 1. The molecule has 0 radical (unpaired) electrons. The fourth-order valence-electron chi connectivity index (χ4n) is 2.21. The molecule has 1 aliphatic heterocycles. The van der Waals surface area contributed by atoms with Gasteiger partial charge in [0, 0.05) is 24.6 Å². The first-order valence-electron chi connectivity index (χ1n) is 6.02. The van der Waals surface area contributed by atoms with Crippen LogP contribution in [0.25, 0.3) is 0 Å². The SMILES string of the molecule is CCC1(C(=O)O)CCN(C(=O)Nc2nnns2)CC1. The highest BCUT2D eigenvalue weighted by Crippen LogP contribution is 2.35. The van der Waals surface area contributed by atoms with Crippen LogP contribution in [-0.4, -0.2) is 49.9 Å². The molecule has 0 unspecified atom stereocenters. The Kier molecular flexibility index (Phi) is 3.93. The minimum Gasteiger partial charge on any atom is -0.481 e. The number of rotatable bonds is 3. The van der Waals surface area contributed by atoms with E-state index < -0.39 is 11.4 Å². The number of carboxylic acid groups (broad SMARTS) is 1. The second-order valence-electron chi connectivity index (χ2n) is 4.52. The highest BCUT2D eigenvalue weighted by atomic mass is 32.1. The number of carbonyl (C=O) groups is 2. The lowest BCUT2D eigenvalue weighted by atomic mass is 9.76. The molecule has 1 saturated heterocycles. The van der Waals surface area contributed by atoms with Gasteiger partial charge in [0.25, 0.3) is 0 Å². The molecule has 9 heteroatoms. The van der Waals surface area contributed by atoms with E-state index in [1.54, 1.807) is 4.90 Å². The van der Waals surface area contributed by atoms with Crippen LogP contribution in [0.2, 0.25) is 0 Å². The molecule has 0 spiro atoms. The Morgan fingerprint density at radius 2 is 2.16 bits per heavy atom. The highest BCUT2D eigenvalue weighted by Gasteiger charge is 2.40. The molecule has 0 bridgehead atoms. The Morgan fingerprint density at radius 3 is 2.63 bits per heavy atom. The molecule has 1 aromatic rings. The van der Waals surface area contributed by atoms with E-state index in [0.29, 0.717) is 37.5 Å². The molecule has 0 aromatic carbocycles. The molecule has 104 valence electrons. The van der Waals surface area contributed by atoms with E-state index >= 15 is 0 Å². The van der Waals surface area contributed by atoms with Crippen LogP contribution in [0, 0.1) is 5.41 Å². The number of hydrogen-bond donors (Lipinski definition) is 2. The van der Waals surface area contributed by atoms with Crippen molar-refractivity contribution in [3.8, 4) is 0 Å². The third kappa shape index (κ3) is 2.80. The summed E-state index contributed by atoms with van der Waals surface area (Å²) in [6.07, 6.45) is 1.53. The van der Waals surface area contributed by atoms with Crippen LogP contribution in [0.3, 0.4) is 0 Å². The van der Waals surface area contributed by atoms with Crippen LogP contribution in [-0.2, 0) is 4.79 Å². The number of aliphatic carboxylic acids is 1. The zero-order valence-corrected chi connectivity index (χ0v) is 11.3. The smallest absolute Gasteiger partial charge is 0.323 e. The van der Waals surface area contributed by atoms with Gasteiger partial charge in [-0.3, -0.25) is 10.1 Å². The zero-order valence-electron chi connectivity index (χ0n) is 10.5. The van der Waals surface area contributed by atoms with Crippen molar-refractivity contribution in [2.75, 3.05) is 18.4 Å². The Labute approximate surface area is 114 Å². The summed E-state index contributed by atoms with van der Waals surface area (Å²) >= 11 is 0.999. The first-order chi connectivity index (χ1) is 9.07. The van der Waals surface area contributed by atoms with E-state index in [1.165, 1.54) is 0 Å². The number of piperidine rings is 1. The number of urea groups is 1. The molecule has 2 amide bonds. The number of anilines is 1. The Bertz CT molecular complexity index is 456. The molecule has 0 atom stereocenters. The van der Waals surface area contributed by atoms with Gasteiger partial charge < -0.3 is 10.0 Å². The van der Waals surface area contributed by atoms with E-state index in [-0.39, 0.29) is 6.03 Å². The second-order valence-corrected chi connectivity index (χ2v) is 5.26. The number of aromatic nitrogens is 3. The molecule has 1 fully saturated rings. The molecule has 1 aliphatic rings. The predicted molar refractivity (Wildman–Crippen MR) is 67.9 cm³/mol. The van der Waals surface area contributed by atoms with Crippen molar-refractivity contribution >= 4 is 28.7 Å². The molecule has 8 nitrogen and oxygen atoms in total. The predicted octanol–water partition coefficient (Wildman–Crippen LogP) is 1.04. The van der Waals surface area contributed by atoms with E-state index in [0.717, 1.165) is 11.5 Å². The van der Waals surface area contributed by atoms with Gasteiger partial charge in [-0.05, 0) is 24.5 Å². The largest absolute Gasteiger partial charge is 0.481 e. The summed E-state index contributed by atoms with van der Waals surface area (Å²) in [6.45, 7) is 2.73. The van der Waals surface area contributed by atoms with Crippen molar-refractivity contribution in [2.24, 2.45) is 5.41 Å². The molecular formula is C10H15N5O3S. The summed E-state index contributed by atoms with van der Waals surface area (Å²) in [7, 11) is 0. The molecular weight excluding hydrogens is 270 g/mol. The second kappa shape index (κ2) is 5.47. The average Bonchev–Trinajstić information content (AvgIpc) is 2.91. The van der Waals surface area contributed by atoms with Crippen molar-refractivity contribution < 1.29 is 14.7 Å². The fourth-order valence-corrected chi connectivity index (χ4v) is 2.57. The minimum absolute atomic E-state index is 0.284. The molecule has 0 saturated carbocycles. The molecule has 19 heavy (non-hydrogen) atoms. The molecule has 2 heterocycles. The lowest BCUT2D eigenvalue weighted by Gasteiger charge is -2.38. The lowest BCUT2D eigenvalue weighted by molar-refractivity contribution is -0.151. The van der Waals surface area contributed by atoms with Gasteiger partial charge in [0.2, 0.25) is 5.13 Å². The molecule has 1 aromatic heterocycles. The Hall–Kier alpha value is -1.77. The number of carbonyl (C=O) groups excluding carboxylic acids is 1. The van der Waals surface area contributed by atoms with Crippen LogP contribution >= 0.6 is 11.5 Å². The minimum atomic E-state index is -0.775. The van der Waals surface area contributed by atoms with E-state index in [1.807, 2.05) is 6.92 Å². The summed E-state index contributed by atoms with van der Waals surface area (Å²) in [4.78, 5) is 24.8. The van der Waals surface area contributed by atoms with Gasteiger partial charge >= 0.3 is 12.0 Å². The normalized spacial score (nSPS) is 18.1. The van der Waals surface area contributed by atoms with E-state index in [4.69, 9.17) is 0 Å². The zero-order chi connectivity index (χ0) is 13.9. The quantitative estimate of drug-likeness (QED) is 0.859. The van der Waals surface area contributed by atoms with Crippen molar-refractivity contribution in [2.45, 2.75) is 26.2 Å². The summed E-state index contributed by atoms with van der Waals surface area (Å²) in [5.41, 5.74) is -0.693. The van der Waals surface area contributed by atoms with Crippen LogP contribution in [0.1, 0.15) is 26.2 Å². The summed E-state index contributed by atoms with van der Waals surface area (Å²) in [6, 6.07) is -0.284. The third-order valence-electron chi connectivity index (χ3n) is 3.65. The topological polar surface area (TPSA) is 108 Å². The van der Waals surface area contributed by atoms with Gasteiger partial charge in [0.15, 0.2) is 0 Å². The van der Waals surface area contributed by atoms with Crippen LogP contribution in [0.4, 0.5) is 9.93 Å². The van der Waals surface area contributed by atoms with Crippen LogP contribution < -0.4 is 5.32 Å². The van der Waals surface area contributed by atoms with E-state index in [2.05, 4.69) is 20.1 Å². The molecule has 2 N–H and O–H groups in total. The maximum atomic E-state index is 11.9. The van der Waals surface area contributed by atoms with Gasteiger partial charge in [-0.2, -0.15) is 0 Å². The summed E-state index contributed by atoms with van der Waals surface area (Å²) < 4.78 is 3.55. The van der Waals surface area contributed by atoms with E-state index in [9.17, 15) is 14.7 Å². The molecule has 2 rings (SSSR count). The third-order valence-corrected chi connectivity index (χ3v) is 4.16. The number of amides is 2. The van der Waals surface area contributed by atoms with Gasteiger partial charge in [0.05, 0.1) is 5.41 Å². The van der Waals surface area contributed by atoms with Crippen molar-refractivity contribution in [3.63, 3.8) is 0 Å². The first-order valence-corrected chi connectivity index (χ1v) is 6.79. The summed E-state index contributed by atoms with van der Waals surface area (Å²) in [5, 5.41) is 19.2. The number of carboxylic acids is 1. The number of likely N-dealkylation sites (tertiary alicyclic amines) is 1. The van der Waals surface area contributed by atoms with Crippen molar-refractivity contribution in [3.05, 3.63) is 0 Å². The Balaban J connectivity index is 1.92. The summed E-state index contributed by atoms with van der Waals surface area (Å²) in [5.74, 6) is -0.775. The first kappa shape index (κ1) is 13.7. The maximum Gasteiger partial charge on any atom is 0.323 e. The monoisotopic (exact) mass is 285 g/mol. The maximum absolute atomic E-state index is 11.9. The van der Waals surface area contributed by atoms with Crippen LogP contribution in [0.15, 0.2) is 0 Å². The number of hydrogen-bond acceptors (Lipinski definition) is 6. The highest BCUT2D eigenvalue weighted by molar-refractivity contribution is 7.09. The lowest BCUT2D eigenvalue weighted by Crippen LogP contribution is -2.47. The van der Waals surface area contributed by atoms with Gasteiger partial charge in [-0.15, -0.1) is 0 Å². The standard InChI is InChI=1S/C10H15N5O3S/c1-2-10(7(16)17)3-5-15(6-4-10)9(18)11-8-12-13-14-19-8/h2-6H2,1H3,(H,16,17)(H,11,12,14,18). The van der Waals surface area contributed by atoms with Crippen LogP contribution in [0.5, 0.6) is 0 Å². The van der Waals surface area contributed by atoms with Crippen molar-refractivity contribution in [1.82, 2.24) is 19.7 Å².